The summed E-state index contributed by atoms with van der Waals surface area (Å²) in [6.45, 7) is 0. The van der Waals surface area contributed by atoms with Crippen LogP contribution >= 0.6 is 34.8 Å². The third-order valence-electron chi connectivity index (χ3n) is 2.46. The molecule has 2 rings (SSSR count). The van der Waals surface area contributed by atoms with Gasteiger partial charge in [-0.15, -0.1) is 0 Å². The molecule has 0 saturated carbocycles. The van der Waals surface area contributed by atoms with Gasteiger partial charge in [-0.1, -0.05) is 34.8 Å². The van der Waals surface area contributed by atoms with E-state index in [1.807, 2.05) is 0 Å². The number of ether oxygens (including phenoxy) is 1. The van der Waals surface area contributed by atoms with Gasteiger partial charge in [0.25, 0.3) is 0 Å². The molecule has 1 aromatic heterocycles. The fourth-order valence-corrected chi connectivity index (χ4v) is 2.16. The number of pyridine rings is 1. The average Bonchev–Trinajstić information content (AvgIpc) is 2.40. The van der Waals surface area contributed by atoms with Crippen LogP contribution in [0, 0.1) is 0 Å². The van der Waals surface area contributed by atoms with Crippen molar-refractivity contribution in [3.63, 3.8) is 0 Å². The molecular formula is C13H8Cl3NO2. The largest absolute Gasteiger partial charge is 0.465 e. The highest BCUT2D eigenvalue weighted by Crippen LogP contribution is 2.30. The first-order valence-corrected chi connectivity index (χ1v) is 6.36. The molecule has 0 fully saturated rings. The highest BCUT2D eigenvalue weighted by atomic mass is 35.5. The van der Waals surface area contributed by atoms with Crippen LogP contribution in [0.2, 0.25) is 15.2 Å². The Balaban J connectivity index is 2.50. The lowest BCUT2D eigenvalue weighted by atomic mass is 10.1. The molecule has 1 heterocycles. The van der Waals surface area contributed by atoms with Gasteiger partial charge >= 0.3 is 5.97 Å². The predicted octanol–water partition coefficient (Wildman–Crippen LogP) is 4.50. The number of rotatable bonds is 2. The second kappa shape index (κ2) is 5.78. The Hall–Kier alpha value is -1.29. The molecule has 2 aromatic rings. The van der Waals surface area contributed by atoms with Gasteiger partial charge in [-0.05, 0) is 30.3 Å². The van der Waals surface area contributed by atoms with Gasteiger partial charge in [0.05, 0.1) is 23.4 Å². The predicted molar refractivity (Wildman–Crippen MR) is 76.0 cm³/mol. The topological polar surface area (TPSA) is 39.2 Å². The van der Waals surface area contributed by atoms with Gasteiger partial charge in [-0.2, -0.15) is 0 Å². The monoisotopic (exact) mass is 315 g/mol. The van der Waals surface area contributed by atoms with Gasteiger partial charge in [-0.25, -0.2) is 9.78 Å². The standard InChI is InChI=1S/C13H8Cl3NO2/c1-19-13(18)8-3-5-11(17-12(8)16)9-6-7(14)2-4-10(9)15/h2-6H,1H3. The zero-order chi connectivity index (χ0) is 14.0. The van der Waals surface area contributed by atoms with Crippen LogP contribution in [0.1, 0.15) is 10.4 Å². The molecule has 3 nitrogen and oxygen atoms in total. The Morgan fingerprint density at radius 3 is 2.53 bits per heavy atom. The number of carbonyl (C=O) groups excluding carboxylic acids is 1. The Labute approximate surface area is 125 Å². The van der Waals surface area contributed by atoms with E-state index in [1.54, 1.807) is 24.3 Å². The molecule has 0 aliphatic rings. The van der Waals surface area contributed by atoms with Crippen molar-refractivity contribution in [1.82, 2.24) is 4.98 Å². The summed E-state index contributed by atoms with van der Waals surface area (Å²) in [6, 6.07) is 8.20. The van der Waals surface area contributed by atoms with Crippen LogP contribution in [0.25, 0.3) is 11.3 Å². The molecule has 0 aliphatic carbocycles. The Kier molecular flexibility index (Phi) is 4.30. The molecule has 0 saturated heterocycles. The average molecular weight is 317 g/mol. The first-order valence-electron chi connectivity index (χ1n) is 5.23. The molecule has 98 valence electrons. The number of aromatic nitrogens is 1. The Bertz CT molecular complexity index is 644. The van der Waals surface area contributed by atoms with Crippen LogP contribution in [-0.4, -0.2) is 18.1 Å². The minimum absolute atomic E-state index is 0.0559. The van der Waals surface area contributed by atoms with Crippen molar-refractivity contribution < 1.29 is 9.53 Å². The minimum atomic E-state index is -0.541. The maximum absolute atomic E-state index is 11.4. The Morgan fingerprint density at radius 1 is 1.16 bits per heavy atom. The molecule has 19 heavy (non-hydrogen) atoms. The number of benzene rings is 1. The first-order chi connectivity index (χ1) is 9.02. The minimum Gasteiger partial charge on any atom is -0.465 e. The van der Waals surface area contributed by atoms with Crippen molar-refractivity contribution in [2.45, 2.75) is 0 Å². The lowest BCUT2D eigenvalue weighted by Crippen LogP contribution is -2.03. The van der Waals surface area contributed by atoms with E-state index in [2.05, 4.69) is 9.72 Å². The van der Waals surface area contributed by atoms with E-state index < -0.39 is 5.97 Å². The number of methoxy groups -OCH3 is 1. The second-order valence-electron chi connectivity index (χ2n) is 3.65. The van der Waals surface area contributed by atoms with Gasteiger partial charge < -0.3 is 4.74 Å². The fourth-order valence-electron chi connectivity index (χ4n) is 1.54. The van der Waals surface area contributed by atoms with Gasteiger partial charge in [0, 0.05) is 10.6 Å². The van der Waals surface area contributed by atoms with Crippen LogP contribution < -0.4 is 0 Å². The number of esters is 1. The van der Waals surface area contributed by atoms with Crippen LogP contribution in [0.4, 0.5) is 0 Å². The maximum atomic E-state index is 11.4. The summed E-state index contributed by atoms with van der Waals surface area (Å²) in [5.74, 6) is -0.541. The van der Waals surface area contributed by atoms with Crippen molar-refractivity contribution in [1.29, 1.82) is 0 Å². The highest BCUT2D eigenvalue weighted by Gasteiger charge is 2.14. The van der Waals surface area contributed by atoms with E-state index in [0.717, 1.165) is 0 Å². The normalized spacial score (nSPS) is 10.3. The lowest BCUT2D eigenvalue weighted by Gasteiger charge is -2.07. The second-order valence-corrected chi connectivity index (χ2v) is 4.85. The smallest absolute Gasteiger partial charge is 0.341 e. The SMILES string of the molecule is COC(=O)c1ccc(-c2cc(Cl)ccc2Cl)nc1Cl. The zero-order valence-corrected chi connectivity index (χ0v) is 12.1. The third kappa shape index (κ3) is 3.00. The van der Waals surface area contributed by atoms with E-state index in [1.165, 1.54) is 13.2 Å². The van der Waals surface area contributed by atoms with E-state index in [4.69, 9.17) is 34.8 Å². The molecule has 6 heteroatoms. The maximum Gasteiger partial charge on any atom is 0.341 e. The molecule has 0 atom stereocenters. The van der Waals surface area contributed by atoms with E-state index in [9.17, 15) is 4.79 Å². The first kappa shape index (κ1) is 14.1. The van der Waals surface area contributed by atoms with Gasteiger partial charge in [-0.3, -0.25) is 0 Å². The number of halogens is 3. The van der Waals surface area contributed by atoms with Gasteiger partial charge in [0.15, 0.2) is 0 Å². The molecule has 0 amide bonds. The summed E-state index contributed by atoms with van der Waals surface area (Å²) < 4.78 is 4.59. The van der Waals surface area contributed by atoms with Gasteiger partial charge in [0.1, 0.15) is 5.15 Å². The summed E-state index contributed by atoms with van der Waals surface area (Å²) >= 11 is 18.0. The van der Waals surface area contributed by atoms with Crippen molar-refractivity contribution >= 4 is 40.8 Å². The molecule has 1 aromatic carbocycles. The molecule has 0 spiro atoms. The summed E-state index contributed by atoms with van der Waals surface area (Å²) in [6.07, 6.45) is 0. The van der Waals surface area contributed by atoms with Gasteiger partial charge in [0.2, 0.25) is 0 Å². The number of carbonyl (C=O) groups is 1. The lowest BCUT2D eigenvalue weighted by molar-refractivity contribution is 0.0600. The van der Waals surface area contributed by atoms with E-state index in [0.29, 0.717) is 21.3 Å². The number of hydrogen-bond donors (Lipinski definition) is 0. The summed E-state index contributed by atoms with van der Waals surface area (Å²) in [5.41, 5.74) is 1.38. The van der Waals surface area contributed by atoms with Crippen molar-refractivity contribution in [2.75, 3.05) is 7.11 Å². The van der Waals surface area contributed by atoms with Crippen LogP contribution in [0.15, 0.2) is 30.3 Å². The highest BCUT2D eigenvalue weighted by molar-refractivity contribution is 6.35. The van der Waals surface area contributed by atoms with Crippen molar-refractivity contribution in [3.8, 4) is 11.3 Å². The van der Waals surface area contributed by atoms with E-state index in [-0.39, 0.29) is 10.7 Å². The number of hydrogen-bond acceptors (Lipinski definition) is 3. The number of nitrogens with zero attached hydrogens (tertiary/aromatic N) is 1. The molecule has 0 aliphatic heterocycles. The van der Waals surface area contributed by atoms with E-state index >= 15 is 0 Å². The fraction of sp³-hybridized carbons (Fsp3) is 0.0769. The zero-order valence-electron chi connectivity index (χ0n) is 9.78. The Morgan fingerprint density at radius 2 is 1.89 bits per heavy atom. The van der Waals surface area contributed by atoms with Crippen molar-refractivity contribution in [3.05, 3.63) is 51.1 Å². The van der Waals surface area contributed by atoms with Crippen molar-refractivity contribution in [2.24, 2.45) is 0 Å². The summed E-state index contributed by atoms with van der Waals surface area (Å²) in [7, 11) is 1.28. The molecule has 0 unspecified atom stereocenters. The summed E-state index contributed by atoms with van der Waals surface area (Å²) in [4.78, 5) is 15.5. The summed E-state index contributed by atoms with van der Waals surface area (Å²) in [5, 5.41) is 1.09. The molecule has 0 bridgehead atoms. The quantitative estimate of drug-likeness (QED) is 0.605. The third-order valence-corrected chi connectivity index (χ3v) is 3.31. The molecule has 0 N–H and O–H groups in total. The molecule has 0 radical (unpaired) electrons. The van der Waals surface area contributed by atoms with Crippen LogP contribution in [-0.2, 0) is 4.74 Å². The van der Waals surface area contributed by atoms with Crippen LogP contribution in [0.5, 0.6) is 0 Å². The molecular weight excluding hydrogens is 309 g/mol. The van der Waals surface area contributed by atoms with Crippen LogP contribution in [0.3, 0.4) is 0 Å².